The summed E-state index contributed by atoms with van der Waals surface area (Å²) in [5.41, 5.74) is 1.54. The van der Waals surface area contributed by atoms with Crippen LogP contribution in [0.3, 0.4) is 0 Å². The first-order valence-electron chi connectivity index (χ1n) is 4.78. The number of hydrogen-bond donors (Lipinski definition) is 1. The van der Waals surface area contributed by atoms with E-state index in [2.05, 4.69) is 0 Å². The van der Waals surface area contributed by atoms with Crippen molar-refractivity contribution in [3.63, 3.8) is 0 Å². The first kappa shape index (κ1) is 9.90. The van der Waals surface area contributed by atoms with Crippen LogP contribution in [0.2, 0.25) is 0 Å². The average molecular weight is 206 g/mol. The Labute approximate surface area is 87.0 Å². The number of carbonyl (C=O) groups is 1. The van der Waals surface area contributed by atoms with E-state index in [0.717, 1.165) is 5.56 Å². The van der Waals surface area contributed by atoms with Crippen LogP contribution in [0, 0.1) is 5.82 Å². The van der Waals surface area contributed by atoms with E-state index in [9.17, 15) is 14.3 Å². The Morgan fingerprint density at radius 3 is 2.40 bits per heavy atom. The summed E-state index contributed by atoms with van der Waals surface area (Å²) in [5, 5.41) is 9.41. The van der Waals surface area contributed by atoms with Gasteiger partial charge in [-0.1, -0.05) is 12.1 Å². The smallest absolute Gasteiger partial charge is 0.197 e. The van der Waals surface area contributed by atoms with Crippen LogP contribution in [0.4, 0.5) is 4.39 Å². The number of allylic oxidation sites excluding steroid dienone is 2. The van der Waals surface area contributed by atoms with E-state index in [-0.39, 0.29) is 29.7 Å². The Kier molecular flexibility index (Phi) is 2.31. The maximum Gasteiger partial charge on any atom is 0.197 e. The van der Waals surface area contributed by atoms with E-state index >= 15 is 0 Å². The molecule has 0 saturated heterocycles. The molecule has 0 aliphatic heterocycles. The van der Waals surface area contributed by atoms with Crippen molar-refractivity contribution in [2.24, 2.45) is 0 Å². The summed E-state index contributed by atoms with van der Waals surface area (Å²) in [6.45, 7) is 1.73. The second-order valence-electron chi connectivity index (χ2n) is 3.76. The molecule has 1 aromatic rings. The Balaban J connectivity index is 2.35. The van der Waals surface area contributed by atoms with Gasteiger partial charge >= 0.3 is 0 Å². The second kappa shape index (κ2) is 3.50. The van der Waals surface area contributed by atoms with Gasteiger partial charge in [0.05, 0.1) is 0 Å². The van der Waals surface area contributed by atoms with E-state index in [0.29, 0.717) is 5.57 Å². The minimum Gasteiger partial charge on any atom is -0.504 e. The molecular formula is C12H11FO2. The zero-order valence-electron chi connectivity index (χ0n) is 8.33. The molecule has 1 aliphatic carbocycles. The second-order valence-corrected chi connectivity index (χ2v) is 3.76. The highest BCUT2D eigenvalue weighted by Gasteiger charge is 2.30. The highest BCUT2D eigenvalue weighted by Crippen LogP contribution is 2.35. The molecule has 3 heteroatoms. The van der Waals surface area contributed by atoms with Gasteiger partial charge in [0.2, 0.25) is 0 Å². The summed E-state index contributed by atoms with van der Waals surface area (Å²) in [7, 11) is 0. The lowest BCUT2D eigenvalue weighted by atomic mass is 9.93. The Morgan fingerprint density at radius 1 is 1.33 bits per heavy atom. The molecule has 1 N–H and O–H groups in total. The zero-order valence-corrected chi connectivity index (χ0v) is 8.33. The number of aliphatic hydroxyl groups excluding tert-OH is 1. The van der Waals surface area contributed by atoms with E-state index in [1.165, 1.54) is 12.1 Å². The molecule has 2 nitrogen and oxygen atoms in total. The van der Waals surface area contributed by atoms with Gasteiger partial charge in [-0.25, -0.2) is 4.39 Å². The Hall–Kier alpha value is -1.64. The molecular weight excluding hydrogens is 195 g/mol. The molecule has 0 heterocycles. The normalized spacial score (nSPS) is 21.2. The van der Waals surface area contributed by atoms with Crippen LogP contribution in [-0.4, -0.2) is 10.9 Å². The molecule has 1 atom stereocenters. The van der Waals surface area contributed by atoms with Crippen LogP contribution in [0.25, 0.3) is 0 Å². The van der Waals surface area contributed by atoms with Crippen molar-refractivity contribution in [3.8, 4) is 0 Å². The topological polar surface area (TPSA) is 37.3 Å². The number of carbonyl (C=O) groups excluding carboxylic acids is 1. The van der Waals surface area contributed by atoms with Crippen LogP contribution in [0.5, 0.6) is 0 Å². The van der Waals surface area contributed by atoms with E-state index in [1.54, 1.807) is 19.1 Å². The molecule has 0 unspecified atom stereocenters. The average Bonchev–Trinajstić information content (AvgIpc) is 2.47. The fourth-order valence-corrected chi connectivity index (χ4v) is 1.88. The highest BCUT2D eigenvalue weighted by atomic mass is 19.1. The molecule has 78 valence electrons. The number of rotatable bonds is 1. The standard InChI is InChI=1S/C12H11FO2/c1-7-10(6-11(14)12(7)15)8-2-4-9(13)5-3-8/h2-5,10,15H,6H2,1H3/t10-/m0/s1. The lowest BCUT2D eigenvalue weighted by Crippen LogP contribution is -1.98. The maximum atomic E-state index is 12.7. The number of hydrogen-bond acceptors (Lipinski definition) is 2. The fourth-order valence-electron chi connectivity index (χ4n) is 1.88. The molecule has 15 heavy (non-hydrogen) atoms. The number of halogens is 1. The lowest BCUT2D eigenvalue weighted by Gasteiger charge is -2.10. The minimum absolute atomic E-state index is 0.0990. The maximum absolute atomic E-state index is 12.7. The molecule has 0 bridgehead atoms. The van der Waals surface area contributed by atoms with Gasteiger partial charge < -0.3 is 5.11 Å². The van der Waals surface area contributed by atoms with Crippen LogP contribution < -0.4 is 0 Å². The molecule has 0 aromatic heterocycles. The van der Waals surface area contributed by atoms with Gasteiger partial charge in [0.15, 0.2) is 11.5 Å². The fraction of sp³-hybridized carbons (Fsp3) is 0.250. The number of ketones is 1. The first-order chi connectivity index (χ1) is 7.09. The van der Waals surface area contributed by atoms with Gasteiger partial charge in [-0.15, -0.1) is 0 Å². The van der Waals surface area contributed by atoms with Gasteiger partial charge in [-0.2, -0.15) is 0 Å². The summed E-state index contributed by atoms with van der Waals surface area (Å²) in [6.07, 6.45) is 0.281. The van der Waals surface area contributed by atoms with Crippen LogP contribution in [0.1, 0.15) is 24.8 Å². The largest absolute Gasteiger partial charge is 0.504 e. The SMILES string of the molecule is CC1=C(O)C(=O)C[C@@H]1c1ccc(F)cc1. The highest BCUT2D eigenvalue weighted by molar-refractivity contribution is 5.97. The minimum atomic E-state index is -0.297. The van der Waals surface area contributed by atoms with Crippen molar-refractivity contribution in [1.29, 1.82) is 0 Å². The van der Waals surface area contributed by atoms with Gasteiger partial charge in [0.1, 0.15) is 5.82 Å². The van der Waals surface area contributed by atoms with Gasteiger partial charge in [0.25, 0.3) is 0 Å². The third kappa shape index (κ3) is 1.65. The summed E-state index contributed by atoms with van der Waals surface area (Å²) >= 11 is 0. The molecule has 1 aromatic carbocycles. The Morgan fingerprint density at radius 2 is 1.93 bits per heavy atom. The molecule has 1 aliphatic rings. The molecule has 2 rings (SSSR count). The van der Waals surface area contributed by atoms with Crippen molar-refractivity contribution >= 4 is 5.78 Å². The molecule has 0 spiro atoms. The first-order valence-corrected chi connectivity index (χ1v) is 4.78. The summed E-state index contributed by atoms with van der Waals surface area (Å²) in [6, 6.07) is 6.02. The molecule has 0 amide bonds. The van der Waals surface area contributed by atoms with Crippen molar-refractivity contribution in [2.45, 2.75) is 19.3 Å². The van der Waals surface area contributed by atoms with Crippen molar-refractivity contribution < 1.29 is 14.3 Å². The van der Waals surface area contributed by atoms with E-state index in [4.69, 9.17) is 0 Å². The van der Waals surface area contributed by atoms with Crippen LogP contribution in [0.15, 0.2) is 35.6 Å². The van der Waals surface area contributed by atoms with Gasteiger partial charge in [0, 0.05) is 12.3 Å². The summed E-state index contributed by atoms with van der Waals surface area (Å²) in [4.78, 5) is 11.3. The zero-order chi connectivity index (χ0) is 11.0. The summed E-state index contributed by atoms with van der Waals surface area (Å²) in [5.74, 6) is -0.766. The molecule has 0 radical (unpaired) electrons. The monoisotopic (exact) mass is 206 g/mol. The summed E-state index contributed by atoms with van der Waals surface area (Å²) < 4.78 is 12.7. The van der Waals surface area contributed by atoms with Crippen molar-refractivity contribution in [3.05, 3.63) is 47.0 Å². The van der Waals surface area contributed by atoms with Gasteiger partial charge in [-0.05, 0) is 30.2 Å². The van der Waals surface area contributed by atoms with Crippen molar-refractivity contribution in [1.82, 2.24) is 0 Å². The number of Topliss-reactive ketones (excluding diaryl/α,β-unsaturated/α-hetero) is 1. The number of benzene rings is 1. The third-order valence-electron chi connectivity index (χ3n) is 2.82. The van der Waals surface area contributed by atoms with Crippen molar-refractivity contribution in [2.75, 3.05) is 0 Å². The predicted molar refractivity (Wildman–Crippen MR) is 54.1 cm³/mol. The quantitative estimate of drug-likeness (QED) is 0.767. The molecule has 0 saturated carbocycles. The number of aliphatic hydroxyl groups is 1. The van der Waals surface area contributed by atoms with E-state index < -0.39 is 0 Å². The molecule has 0 fully saturated rings. The van der Waals surface area contributed by atoms with Gasteiger partial charge in [-0.3, -0.25) is 4.79 Å². The van der Waals surface area contributed by atoms with Crippen LogP contribution >= 0.6 is 0 Å². The lowest BCUT2D eigenvalue weighted by molar-refractivity contribution is -0.117. The van der Waals surface area contributed by atoms with E-state index in [1.807, 2.05) is 0 Å². The van der Waals surface area contributed by atoms with Crippen LogP contribution in [-0.2, 0) is 4.79 Å². The Bertz CT molecular complexity index is 431. The third-order valence-corrected chi connectivity index (χ3v) is 2.82. The predicted octanol–water partition coefficient (Wildman–Crippen LogP) is 2.71.